The van der Waals surface area contributed by atoms with Gasteiger partial charge in [0.15, 0.2) is 11.7 Å². The Hall–Kier alpha value is -2.40. The lowest BCUT2D eigenvalue weighted by Crippen LogP contribution is -2.49. The van der Waals surface area contributed by atoms with Crippen LogP contribution in [-0.4, -0.2) is 43.4 Å². The number of hydrogen-bond donors (Lipinski definition) is 3. The Labute approximate surface area is 198 Å². The van der Waals surface area contributed by atoms with Gasteiger partial charge in [0.2, 0.25) is 0 Å². The molecule has 0 atom stereocenters. The average Bonchev–Trinajstić information content (AvgIpc) is 2.75. The molecule has 2 aromatic rings. The minimum Gasteiger partial charge on any atom is -0.491 e. The number of carbonyl (C=O) groups excluding carboxylic acids is 2. The monoisotopic (exact) mass is 529 g/mol. The van der Waals surface area contributed by atoms with Crippen LogP contribution in [0.25, 0.3) is 0 Å². The molecule has 0 radical (unpaired) electrons. The Kier molecular flexibility index (Phi) is 10.5. The molecule has 0 aliphatic heterocycles. The number of thiocarbonyl (C=S) groups is 1. The van der Waals surface area contributed by atoms with Crippen LogP contribution in [0.2, 0.25) is 5.02 Å². The fraction of sp³-hybridized carbons (Fsp3) is 0.250. The van der Waals surface area contributed by atoms with Crippen molar-refractivity contribution >= 4 is 56.7 Å². The number of nitrogens with one attached hydrogen (secondary N) is 3. The third-order valence-corrected chi connectivity index (χ3v) is 4.60. The Balaban J connectivity index is 1.71. The summed E-state index contributed by atoms with van der Waals surface area (Å²) in [4.78, 5) is 24.1. The van der Waals surface area contributed by atoms with Gasteiger partial charge in [0.25, 0.3) is 11.8 Å². The minimum absolute atomic E-state index is 0.0722. The van der Waals surface area contributed by atoms with Gasteiger partial charge in [-0.15, -0.1) is 0 Å². The smallest absolute Gasteiger partial charge is 0.276 e. The van der Waals surface area contributed by atoms with Crippen molar-refractivity contribution in [2.45, 2.75) is 6.92 Å². The molecule has 0 aromatic heterocycles. The molecule has 11 heteroatoms. The summed E-state index contributed by atoms with van der Waals surface area (Å²) in [6.45, 7) is 3.15. The molecule has 0 aliphatic rings. The van der Waals surface area contributed by atoms with Crippen LogP contribution in [0.5, 0.6) is 11.5 Å². The standard InChI is InChI=1S/C20H21BrClN3O5S/c1-2-28-9-10-29-15-6-3-13(4-7-15)19(27)23-20(31)25-24-18(26)12-30-17-8-5-14(21)11-16(17)22/h3-8,11H,2,9-10,12H2,1H3,(H,24,26)(H2,23,25,27,31). The summed E-state index contributed by atoms with van der Waals surface area (Å²) in [6.07, 6.45) is 0. The first kappa shape index (κ1) is 24.9. The summed E-state index contributed by atoms with van der Waals surface area (Å²) < 4.78 is 16.8. The average molecular weight is 531 g/mol. The molecule has 2 rings (SSSR count). The molecule has 31 heavy (non-hydrogen) atoms. The van der Waals surface area contributed by atoms with Crippen LogP contribution in [0.1, 0.15) is 17.3 Å². The first-order chi connectivity index (χ1) is 14.9. The maximum absolute atomic E-state index is 12.2. The van der Waals surface area contributed by atoms with Gasteiger partial charge in [-0.05, 0) is 61.6 Å². The second-order valence-electron chi connectivity index (χ2n) is 5.89. The number of rotatable bonds is 9. The quantitative estimate of drug-likeness (QED) is 0.260. The zero-order valence-corrected chi connectivity index (χ0v) is 19.7. The predicted octanol–water partition coefficient (Wildman–Crippen LogP) is 3.23. The van der Waals surface area contributed by atoms with Crippen molar-refractivity contribution in [1.29, 1.82) is 0 Å². The Bertz CT molecular complexity index is 914. The SMILES string of the molecule is CCOCCOc1ccc(C(=O)NC(=S)NNC(=O)COc2ccc(Br)cc2Cl)cc1. The van der Waals surface area contributed by atoms with Gasteiger partial charge < -0.3 is 14.2 Å². The first-order valence-corrected chi connectivity index (χ1v) is 10.8. The number of ether oxygens (including phenoxy) is 3. The van der Waals surface area contributed by atoms with Gasteiger partial charge in [-0.3, -0.25) is 25.8 Å². The van der Waals surface area contributed by atoms with Gasteiger partial charge in [-0.2, -0.15) is 0 Å². The van der Waals surface area contributed by atoms with E-state index in [2.05, 4.69) is 32.1 Å². The summed E-state index contributed by atoms with van der Waals surface area (Å²) in [5, 5.41) is 2.75. The summed E-state index contributed by atoms with van der Waals surface area (Å²) in [6, 6.07) is 11.6. The van der Waals surface area contributed by atoms with Gasteiger partial charge in [-0.1, -0.05) is 27.5 Å². The van der Waals surface area contributed by atoms with E-state index in [1.165, 1.54) is 0 Å². The summed E-state index contributed by atoms with van der Waals surface area (Å²) in [7, 11) is 0. The van der Waals surface area contributed by atoms with E-state index >= 15 is 0 Å². The van der Waals surface area contributed by atoms with E-state index in [4.69, 9.17) is 38.0 Å². The van der Waals surface area contributed by atoms with Crippen LogP contribution in [0.4, 0.5) is 0 Å². The van der Waals surface area contributed by atoms with Crippen molar-refractivity contribution in [2.75, 3.05) is 26.4 Å². The van der Waals surface area contributed by atoms with Crippen LogP contribution in [0.3, 0.4) is 0 Å². The van der Waals surface area contributed by atoms with Crippen molar-refractivity contribution < 1.29 is 23.8 Å². The van der Waals surface area contributed by atoms with Crippen molar-refractivity contribution in [3.63, 3.8) is 0 Å². The van der Waals surface area contributed by atoms with Crippen LogP contribution >= 0.6 is 39.7 Å². The normalized spacial score (nSPS) is 10.2. The van der Waals surface area contributed by atoms with E-state index in [1.54, 1.807) is 42.5 Å². The maximum Gasteiger partial charge on any atom is 0.276 e. The number of carbonyl (C=O) groups is 2. The van der Waals surface area contributed by atoms with Crippen LogP contribution < -0.4 is 25.6 Å². The molecule has 8 nitrogen and oxygen atoms in total. The molecule has 0 saturated heterocycles. The number of halogens is 2. The number of hydrazine groups is 1. The minimum atomic E-state index is -0.510. The lowest BCUT2D eigenvalue weighted by atomic mass is 10.2. The second-order valence-corrected chi connectivity index (χ2v) is 7.62. The molecule has 2 amide bonds. The molecule has 0 fully saturated rings. The first-order valence-electron chi connectivity index (χ1n) is 9.17. The molecular weight excluding hydrogens is 510 g/mol. The summed E-state index contributed by atoms with van der Waals surface area (Å²) >= 11 is 14.3. The molecule has 0 spiro atoms. The highest BCUT2D eigenvalue weighted by atomic mass is 79.9. The third kappa shape index (κ3) is 9.09. The molecule has 3 N–H and O–H groups in total. The number of benzene rings is 2. The lowest BCUT2D eigenvalue weighted by Gasteiger charge is -2.12. The van der Waals surface area contributed by atoms with E-state index in [9.17, 15) is 9.59 Å². The van der Waals surface area contributed by atoms with Gasteiger partial charge in [0.05, 0.1) is 11.6 Å². The summed E-state index contributed by atoms with van der Waals surface area (Å²) in [5.74, 6) is 0.0333. The lowest BCUT2D eigenvalue weighted by molar-refractivity contribution is -0.123. The molecule has 0 unspecified atom stereocenters. The van der Waals surface area contributed by atoms with Gasteiger partial charge in [0, 0.05) is 16.6 Å². The molecular formula is C20H21BrClN3O5S. The molecule has 166 valence electrons. The fourth-order valence-corrected chi connectivity index (χ4v) is 3.04. The Morgan fingerprint density at radius 3 is 2.48 bits per heavy atom. The topological polar surface area (TPSA) is 97.9 Å². The molecule has 2 aromatic carbocycles. The predicted molar refractivity (Wildman–Crippen MR) is 124 cm³/mol. The van der Waals surface area contributed by atoms with Crippen LogP contribution in [0.15, 0.2) is 46.9 Å². The third-order valence-electron chi connectivity index (χ3n) is 3.61. The molecule has 0 bridgehead atoms. The van der Waals surface area contributed by atoms with E-state index in [-0.39, 0.29) is 11.7 Å². The second kappa shape index (κ2) is 13.1. The highest BCUT2D eigenvalue weighted by molar-refractivity contribution is 9.10. The zero-order valence-electron chi connectivity index (χ0n) is 16.6. The number of amides is 2. The fourth-order valence-electron chi connectivity index (χ4n) is 2.17. The van der Waals surface area contributed by atoms with E-state index in [0.717, 1.165) is 4.47 Å². The van der Waals surface area contributed by atoms with E-state index < -0.39 is 11.8 Å². The van der Waals surface area contributed by atoms with Crippen molar-refractivity contribution in [1.82, 2.24) is 16.2 Å². The maximum atomic E-state index is 12.2. The highest BCUT2D eigenvalue weighted by Gasteiger charge is 2.10. The van der Waals surface area contributed by atoms with Gasteiger partial charge in [-0.25, -0.2) is 0 Å². The van der Waals surface area contributed by atoms with Gasteiger partial charge >= 0.3 is 0 Å². The largest absolute Gasteiger partial charge is 0.491 e. The van der Waals surface area contributed by atoms with Crippen LogP contribution in [0, 0.1) is 0 Å². The van der Waals surface area contributed by atoms with Crippen LogP contribution in [-0.2, 0) is 9.53 Å². The summed E-state index contributed by atoms with van der Waals surface area (Å²) in [5.41, 5.74) is 5.14. The van der Waals surface area contributed by atoms with E-state index in [0.29, 0.717) is 41.9 Å². The Morgan fingerprint density at radius 1 is 1.06 bits per heavy atom. The molecule has 0 saturated carbocycles. The molecule has 0 heterocycles. The van der Waals surface area contributed by atoms with Gasteiger partial charge in [0.1, 0.15) is 18.1 Å². The van der Waals surface area contributed by atoms with Crippen molar-refractivity contribution in [3.8, 4) is 11.5 Å². The van der Waals surface area contributed by atoms with Crippen molar-refractivity contribution in [3.05, 3.63) is 57.5 Å². The number of hydrogen-bond acceptors (Lipinski definition) is 6. The van der Waals surface area contributed by atoms with Crippen molar-refractivity contribution in [2.24, 2.45) is 0 Å². The van der Waals surface area contributed by atoms with E-state index in [1.807, 2.05) is 6.92 Å². The highest BCUT2D eigenvalue weighted by Crippen LogP contribution is 2.27. The Morgan fingerprint density at radius 2 is 1.81 bits per heavy atom. The zero-order chi connectivity index (χ0) is 22.6. The molecule has 0 aliphatic carbocycles.